The Kier molecular flexibility index (Phi) is 18.5. The molecule has 0 amide bonds. The maximum absolute atomic E-state index is 11.3. The molecule has 0 N–H and O–H groups in total. The number of carbonyl (C=O) groups excluding carboxylic acids is 2. The SMILES string of the molecule is CCCCCCc1cc(C=NCCCOCCOCCOCCCN=Cc2cc(CC)c(C=O)s2)sc1C=O. The molecule has 2 aromatic heterocycles. The lowest BCUT2D eigenvalue weighted by atomic mass is 10.1. The Hall–Kier alpha value is -2.04. The predicted molar refractivity (Wildman–Crippen MR) is 163 cm³/mol. The molecule has 39 heavy (non-hydrogen) atoms. The second-order valence-corrected chi connectivity index (χ2v) is 11.3. The Morgan fingerprint density at radius 3 is 1.67 bits per heavy atom. The number of unbranched alkanes of at least 4 members (excludes halogenated alkanes) is 3. The predicted octanol–water partition coefficient (Wildman–Crippen LogP) is 6.49. The van der Waals surface area contributed by atoms with Crippen LogP contribution in [0.2, 0.25) is 0 Å². The number of nitrogens with zero attached hydrogens (tertiary/aromatic N) is 2. The Balaban J connectivity index is 1.40. The molecule has 0 aliphatic heterocycles. The van der Waals surface area contributed by atoms with Gasteiger partial charge in [0.05, 0.1) is 36.2 Å². The molecule has 7 nitrogen and oxygen atoms in total. The van der Waals surface area contributed by atoms with Crippen LogP contribution in [0.3, 0.4) is 0 Å². The van der Waals surface area contributed by atoms with E-state index in [9.17, 15) is 9.59 Å². The van der Waals surface area contributed by atoms with Crippen LogP contribution < -0.4 is 0 Å². The van der Waals surface area contributed by atoms with Gasteiger partial charge in [-0.15, -0.1) is 22.7 Å². The third-order valence-electron chi connectivity index (χ3n) is 5.95. The van der Waals surface area contributed by atoms with Crippen molar-refractivity contribution in [1.29, 1.82) is 0 Å². The van der Waals surface area contributed by atoms with E-state index in [1.165, 1.54) is 41.9 Å². The Morgan fingerprint density at radius 1 is 0.667 bits per heavy atom. The van der Waals surface area contributed by atoms with Gasteiger partial charge < -0.3 is 14.2 Å². The van der Waals surface area contributed by atoms with Gasteiger partial charge in [0.2, 0.25) is 0 Å². The second-order valence-electron chi connectivity index (χ2n) is 9.09. The normalized spacial score (nSPS) is 11.7. The number of hydrogen-bond donors (Lipinski definition) is 0. The molecule has 0 aliphatic carbocycles. The molecular formula is C30H44N2O5S2. The van der Waals surface area contributed by atoms with Gasteiger partial charge in [-0.2, -0.15) is 0 Å². The molecule has 2 heterocycles. The summed E-state index contributed by atoms with van der Waals surface area (Å²) >= 11 is 3.01. The van der Waals surface area contributed by atoms with Gasteiger partial charge >= 0.3 is 0 Å². The van der Waals surface area contributed by atoms with E-state index in [1.807, 2.05) is 25.4 Å². The number of aliphatic imine (C=N–C) groups is 2. The molecule has 0 fully saturated rings. The third kappa shape index (κ3) is 14.2. The highest BCUT2D eigenvalue weighted by Crippen LogP contribution is 2.22. The van der Waals surface area contributed by atoms with Crippen LogP contribution in [0.15, 0.2) is 22.1 Å². The zero-order valence-electron chi connectivity index (χ0n) is 23.5. The van der Waals surface area contributed by atoms with Crippen LogP contribution in [0, 0.1) is 0 Å². The lowest BCUT2D eigenvalue weighted by Crippen LogP contribution is -2.10. The van der Waals surface area contributed by atoms with Gasteiger partial charge in [-0.25, -0.2) is 0 Å². The van der Waals surface area contributed by atoms with Crippen LogP contribution >= 0.6 is 22.7 Å². The first-order valence-corrected chi connectivity index (χ1v) is 15.7. The summed E-state index contributed by atoms with van der Waals surface area (Å²) in [6.45, 7) is 9.14. The van der Waals surface area contributed by atoms with Gasteiger partial charge in [0.25, 0.3) is 0 Å². The zero-order chi connectivity index (χ0) is 28.0. The molecule has 0 bridgehead atoms. The van der Waals surface area contributed by atoms with E-state index in [4.69, 9.17) is 14.2 Å². The molecule has 0 saturated carbocycles. The summed E-state index contributed by atoms with van der Waals surface area (Å²) in [6.07, 6.45) is 13.9. The van der Waals surface area contributed by atoms with E-state index < -0.39 is 0 Å². The average Bonchev–Trinajstić information content (AvgIpc) is 3.55. The Bertz CT molecular complexity index is 1000. The summed E-state index contributed by atoms with van der Waals surface area (Å²) in [7, 11) is 0. The number of ether oxygens (including phenoxy) is 3. The number of aldehydes is 2. The first kappa shape index (κ1) is 33.2. The van der Waals surface area contributed by atoms with E-state index in [-0.39, 0.29) is 0 Å². The van der Waals surface area contributed by atoms with Gasteiger partial charge in [-0.1, -0.05) is 33.1 Å². The average molecular weight is 577 g/mol. The van der Waals surface area contributed by atoms with Gasteiger partial charge in [0.15, 0.2) is 12.6 Å². The van der Waals surface area contributed by atoms with Crippen LogP contribution in [0.25, 0.3) is 0 Å². The molecule has 0 saturated heterocycles. The topological polar surface area (TPSA) is 86.5 Å². The summed E-state index contributed by atoms with van der Waals surface area (Å²) < 4.78 is 16.7. The molecular weight excluding hydrogens is 532 g/mol. The summed E-state index contributed by atoms with van der Waals surface area (Å²) in [6, 6.07) is 4.14. The maximum atomic E-state index is 11.3. The highest BCUT2D eigenvalue weighted by Gasteiger charge is 2.07. The first-order chi connectivity index (χ1) is 19.2. The first-order valence-electron chi connectivity index (χ1n) is 14.1. The minimum atomic E-state index is 0.546. The lowest BCUT2D eigenvalue weighted by molar-refractivity contribution is 0.0143. The smallest absolute Gasteiger partial charge is 0.160 e. The minimum Gasteiger partial charge on any atom is -0.379 e. The van der Waals surface area contributed by atoms with Crippen LogP contribution in [-0.2, 0) is 27.1 Å². The van der Waals surface area contributed by atoms with Crippen molar-refractivity contribution >= 4 is 47.7 Å². The van der Waals surface area contributed by atoms with Crippen molar-refractivity contribution < 1.29 is 23.8 Å². The van der Waals surface area contributed by atoms with E-state index >= 15 is 0 Å². The summed E-state index contributed by atoms with van der Waals surface area (Å²) in [5.74, 6) is 0. The molecule has 0 atom stereocenters. The van der Waals surface area contributed by atoms with Crippen molar-refractivity contribution in [3.8, 4) is 0 Å². The van der Waals surface area contributed by atoms with Crippen molar-refractivity contribution in [3.05, 3.63) is 42.8 Å². The van der Waals surface area contributed by atoms with E-state index in [0.717, 1.165) is 75.3 Å². The Labute approximate surface area is 241 Å². The number of hydrogen-bond acceptors (Lipinski definition) is 9. The molecule has 2 rings (SSSR count). The molecule has 0 radical (unpaired) electrons. The summed E-state index contributed by atoms with van der Waals surface area (Å²) in [5, 5.41) is 0. The van der Waals surface area contributed by atoms with Crippen LogP contribution in [-0.4, -0.2) is 77.7 Å². The summed E-state index contributed by atoms with van der Waals surface area (Å²) in [5.41, 5.74) is 2.24. The van der Waals surface area contributed by atoms with Crippen molar-refractivity contribution in [1.82, 2.24) is 0 Å². The molecule has 0 aliphatic rings. The van der Waals surface area contributed by atoms with Gasteiger partial charge in [-0.05, 0) is 55.4 Å². The van der Waals surface area contributed by atoms with Gasteiger partial charge in [0, 0.05) is 48.5 Å². The van der Waals surface area contributed by atoms with Gasteiger partial charge in [-0.3, -0.25) is 19.6 Å². The zero-order valence-corrected chi connectivity index (χ0v) is 25.2. The monoisotopic (exact) mass is 576 g/mol. The molecule has 0 spiro atoms. The highest BCUT2D eigenvalue weighted by molar-refractivity contribution is 7.15. The lowest BCUT2D eigenvalue weighted by Gasteiger charge is -2.06. The number of carbonyl (C=O) groups is 2. The fourth-order valence-electron chi connectivity index (χ4n) is 3.84. The number of aryl methyl sites for hydroxylation is 2. The second kappa shape index (κ2) is 21.7. The quantitative estimate of drug-likeness (QED) is 0.0810. The molecule has 9 heteroatoms. The fourth-order valence-corrected chi connectivity index (χ4v) is 5.72. The molecule has 216 valence electrons. The molecule has 2 aromatic rings. The fraction of sp³-hybridized carbons (Fsp3) is 0.600. The standard InChI is InChI=1S/C30H44N2O5S2/c1-3-5-6-7-10-26-20-28(39-30(26)24-34)22-32-12-9-14-36-16-18-37-17-15-35-13-8-11-31-21-27-19-25(4-2)29(23-33)38-27/h19-24H,3-18H2,1-2H3. The van der Waals surface area contributed by atoms with Gasteiger partial charge in [0.1, 0.15) is 0 Å². The van der Waals surface area contributed by atoms with Crippen molar-refractivity contribution in [2.45, 2.75) is 65.2 Å². The highest BCUT2D eigenvalue weighted by atomic mass is 32.1. The van der Waals surface area contributed by atoms with Crippen LogP contribution in [0.1, 0.15) is 92.6 Å². The van der Waals surface area contributed by atoms with Crippen molar-refractivity contribution in [2.75, 3.05) is 52.7 Å². The molecule has 0 unspecified atom stereocenters. The third-order valence-corrected chi connectivity index (χ3v) is 8.02. The van der Waals surface area contributed by atoms with Crippen LogP contribution in [0.4, 0.5) is 0 Å². The molecule has 0 aromatic carbocycles. The number of thiophene rings is 2. The van der Waals surface area contributed by atoms with E-state index in [0.29, 0.717) is 52.7 Å². The Morgan fingerprint density at radius 2 is 1.18 bits per heavy atom. The van der Waals surface area contributed by atoms with Crippen molar-refractivity contribution in [3.63, 3.8) is 0 Å². The minimum absolute atomic E-state index is 0.546. The summed E-state index contributed by atoms with van der Waals surface area (Å²) in [4.78, 5) is 35.0. The maximum Gasteiger partial charge on any atom is 0.160 e. The van der Waals surface area contributed by atoms with E-state index in [2.05, 4.69) is 23.0 Å². The van der Waals surface area contributed by atoms with Crippen LogP contribution in [0.5, 0.6) is 0 Å². The number of rotatable bonds is 24. The largest absolute Gasteiger partial charge is 0.379 e. The van der Waals surface area contributed by atoms with E-state index in [1.54, 1.807) is 0 Å². The van der Waals surface area contributed by atoms with Crippen molar-refractivity contribution in [2.24, 2.45) is 9.98 Å².